The van der Waals surface area contributed by atoms with Gasteiger partial charge in [0.25, 0.3) is 0 Å². The van der Waals surface area contributed by atoms with Crippen LogP contribution in [0.15, 0.2) is 0 Å². The van der Waals surface area contributed by atoms with Crippen LogP contribution in [0.2, 0.25) is 0 Å². The number of likely N-dealkylation sites (N-methyl/N-ethyl adjacent to an activating group) is 1. The van der Waals surface area contributed by atoms with Crippen LogP contribution in [0.25, 0.3) is 0 Å². The predicted octanol–water partition coefficient (Wildman–Crippen LogP) is 1.31. The Morgan fingerprint density at radius 3 is 2.55 bits per heavy atom. The molecule has 3 fully saturated rings. The zero-order valence-electron chi connectivity index (χ0n) is 13.2. The van der Waals surface area contributed by atoms with Gasteiger partial charge in [0, 0.05) is 37.8 Å². The number of piperidine rings is 1. The summed E-state index contributed by atoms with van der Waals surface area (Å²) >= 11 is 0. The smallest absolute Gasteiger partial charge is 0.0829 e. The largest absolute Gasteiger partial charge is 0.374 e. The van der Waals surface area contributed by atoms with Gasteiger partial charge in [0.2, 0.25) is 0 Å². The Balaban J connectivity index is 1.53. The Hall–Kier alpha value is -0.160. The molecule has 0 radical (unpaired) electrons. The summed E-state index contributed by atoms with van der Waals surface area (Å²) in [5.41, 5.74) is 0. The van der Waals surface area contributed by atoms with Crippen molar-refractivity contribution in [2.24, 2.45) is 0 Å². The van der Waals surface area contributed by atoms with Gasteiger partial charge in [-0.25, -0.2) is 0 Å². The van der Waals surface area contributed by atoms with Crippen molar-refractivity contribution in [2.75, 3.05) is 39.3 Å². The van der Waals surface area contributed by atoms with E-state index >= 15 is 0 Å². The van der Waals surface area contributed by atoms with Gasteiger partial charge in [-0.05, 0) is 38.8 Å². The molecule has 0 spiro atoms. The Bertz CT molecular complexity index is 298. The third-order valence-electron chi connectivity index (χ3n) is 5.46. The summed E-state index contributed by atoms with van der Waals surface area (Å²) in [5, 5.41) is 3.66. The second-order valence-electron chi connectivity index (χ2n) is 6.69. The number of nitrogens with zero attached hydrogens (tertiary/aromatic N) is 2. The molecule has 3 saturated heterocycles. The first-order valence-electron chi connectivity index (χ1n) is 8.63. The number of fused-ring (bicyclic) bond motifs is 2. The third-order valence-corrected chi connectivity index (χ3v) is 5.46. The third kappa shape index (κ3) is 3.19. The molecule has 3 atom stereocenters. The van der Waals surface area contributed by atoms with E-state index in [9.17, 15) is 0 Å². The monoisotopic (exact) mass is 281 g/mol. The van der Waals surface area contributed by atoms with E-state index in [0.717, 1.165) is 57.5 Å². The van der Waals surface area contributed by atoms with Crippen molar-refractivity contribution in [1.29, 1.82) is 0 Å². The summed E-state index contributed by atoms with van der Waals surface area (Å²) in [7, 11) is 0. The minimum atomic E-state index is 0.433. The maximum absolute atomic E-state index is 6.01. The second kappa shape index (κ2) is 6.73. The summed E-state index contributed by atoms with van der Waals surface area (Å²) < 4.78 is 6.01. The quantitative estimate of drug-likeness (QED) is 0.822. The SMILES string of the molecule is CCNC1CC2CCC(C1)N2CC1CN(CC)CCO1. The van der Waals surface area contributed by atoms with Crippen LogP contribution in [0.5, 0.6) is 0 Å². The molecule has 3 rings (SSSR count). The van der Waals surface area contributed by atoms with Crippen LogP contribution in [-0.4, -0.2) is 73.4 Å². The molecule has 3 aliphatic rings. The first-order chi connectivity index (χ1) is 9.80. The van der Waals surface area contributed by atoms with Gasteiger partial charge in [0.1, 0.15) is 0 Å². The normalized spacial score (nSPS) is 39.3. The maximum Gasteiger partial charge on any atom is 0.0829 e. The molecule has 3 heterocycles. The van der Waals surface area contributed by atoms with Gasteiger partial charge < -0.3 is 10.1 Å². The fourth-order valence-corrected chi connectivity index (χ4v) is 4.44. The Morgan fingerprint density at radius 1 is 1.15 bits per heavy atom. The van der Waals surface area contributed by atoms with E-state index in [1.165, 1.54) is 25.7 Å². The number of ether oxygens (including phenoxy) is 1. The van der Waals surface area contributed by atoms with E-state index in [1.807, 2.05) is 0 Å². The zero-order chi connectivity index (χ0) is 13.9. The lowest BCUT2D eigenvalue weighted by Gasteiger charge is -2.42. The van der Waals surface area contributed by atoms with E-state index in [2.05, 4.69) is 29.0 Å². The van der Waals surface area contributed by atoms with E-state index in [1.54, 1.807) is 0 Å². The fourth-order valence-electron chi connectivity index (χ4n) is 4.44. The molecule has 4 heteroatoms. The Labute approximate surface area is 123 Å². The molecule has 4 nitrogen and oxygen atoms in total. The number of morpholine rings is 1. The predicted molar refractivity (Wildman–Crippen MR) is 82.1 cm³/mol. The average molecular weight is 281 g/mol. The highest BCUT2D eigenvalue weighted by Crippen LogP contribution is 2.36. The van der Waals surface area contributed by atoms with Crippen LogP contribution < -0.4 is 5.32 Å². The molecule has 0 aliphatic carbocycles. The second-order valence-corrected chi connectivity index (χ2v) is 6.69. The standard InChI is InChI=1S/C16H31N3O/c1-3-17-13-9-14-5-6-15(10-13)19(14)12-16-11-18(4-2)7-8-20-16/h13-17H,3-12H2,1-2H3. The van der Waals surface area contributed by atoms with Crippen molar-refractivity contribution in [3.05, 3.63) is 0 Å². The zero-order valence-corrected chi connectivity index (χ0v) is 13.2. The van der Waals surface area contributed by atoms with Gasteiger partial charge in [-0.1, -0.05) is 13.8 Å². The lowest BCUT2D eigenvalue weighted by atomic mass is 9.96. The first kappa shape index (κ1) is 14.8. The van der Waals surface area contributed by atoms with Gasteiger partial charge in [0.05, 0.1) is 12.7 Å². The molecule has 1 N–H and O–H groups in total. The van der Waals surface area contributed by atoms with Gasteiger partial charge in [0.15, 0.2) is 0 Å². The molecule has 2 bridgehead atoms. The van der Waals surface area contributed by atoms with Crippen molar-refractivity contribution < 1.29 is 4.74 Å². The van der Waals surface area contributed by atoms with Gasteiger partial charge >= 0.3 is 0 Å². The number of hydrogen-bond donors (Lipinski definition) is 1. The van der Waals surface area contributed by atoms with Crippen LogP contribution in [0.3, 0.4) is 0 Å². The molecule has 3 unspecified atom stereocenters. The highest BCUT2D eigenvalue weighted by atomic mass is 16.5. The highest BCUT2D eigenvalue weighted by Gasteiger charge is 2.41. The lowest BCUT2D eigenvalue weighted by molar-refractivity contribution is -0.0538. The van der Waals surface area contributed by atoms with Crippen molar-refractivity contribution >= 4 is 0 Å². The van der Waals surface area contributed by atoms with Crippen molar-refractivity contribution in [3.8, 4) is 0 Å². The Morgan fingerprint density at radius 2 is 1.90 bits per heavy atom. The summed E-state index contributed by atoms with van der Waals surface area (Å²) in [6.07, 6.45) is 5.92. The molecule has 0 saturated carbocycles. The average Bonchev–Trinajstić information content (AvgIpc) is 2.71. The first-order valence-corrected chi connectivity index (χ1v) is 8.63. The highest BCUT2D eigenvalue weighted by molar-refractivity contribution is 4.98. The van der Waals surface area contributed by atoms with Crippen molar-refractivity contribution in [2.45, 2.75) is 63.8 Å². The summed E-state index contributed by atoms with van der Waals surface area (Å²) in [4.78, 5) is 5.30. The lowest BCUT2D eigenvalue weighted by Crippen LogP contribution is -2.54. The van der Waals surface area contributed by atoms with Gasteiger partial charge in [-0.3, -0.25) is 9.80 Å². The van der Waals surface area contributed by atoms with Crippen LogP contribution >= 0.6 is 0 Å². The molecule has 20 heavy (non-hydrogen) atoms. The van der Waals surface area contributed by atoms with Gasteiger partial charge in [-0.15, -0.1) is 0 Å². The minimum Gasteiger partial charge on any atom is -0.374 e. The summed E-state index contributed by atoms with van der Waals surface area (Å²) in [5.74, 6) is 0. The maximum atomic E-state index is 6.01. The summed E-state index contributed by atoms with van der Waals surface area (Å²) in [6, 6.07) is 2.37. The van der Waals surface area contributed by atoms with E-state index in [4.69, 9.17) is 4.74 Å². The van der Waals surface area contributed by atoms with Crippen molar-refractivity contribution in [1.82, 2.24) is 15.1 Å². The van der Waals surface area contributed by atoms with Crippen LogP contribution in [0.1, 0.15) is 39.5 Å². The number of rotatable bonds is 5. The minimum absolute atomic E-state index is 0.433. The molecule has 0 aromatic heterocycles. The van der Waals surface area contributed by atoms with E-state index < -0.39 is 0 Å². The molecule has 3 aliphatic heterocycles. The molecule has 116 valence electrons. The van der Waals surface area contributed by atoms with Crippen molar-refractivity contribution in [3.63, 3.8) is 0 Å². The van der Waals surface area contributed by atoms with Crippen LogP contribution in [-0.2, 0) is 4.74 Å². The Kier molecular flexibility index (Phi) is 4.97. The van der Waals surface area contributed by atoms with Crippen LogP contribution in [0, 0.1) is 0 Å². The summed E-state index contributed by atoms with van der Waals surface area (Å²) in [6.45, 7) is 11.1. The van der Waals surface area contributed by atoms with Gasteiger partial charge in [-0.2, -0.15) is 0 Å². The fraction of sp³-hybridized carbons (Fsp3) is 1.00. The van der Waals surface area contributed by atoms with Crippen LogP contribution in [0.4, 0.5) is 0 Å². The molecule has 0 amide bonds. The molecule has 0 aromatic rings. The van der Waals surface area contributed by atoms with E-state index in [0.29, 0.717) is 6.10 Å². The molecule has 0 aromatic carbocycles. The number of hydrogen-bond acceptors (Lipinski definition) is 4. The molecular formula is C16H31N3O. The topological polar surface area (TPSA) is 27.7 Å². The number of nitrogens with one attached hydrogen (secondary N) is 1. The van der Waals surface area contributed by atoms with E-state index in [-0.39, 0.29) is 0 Å². The molecular weight excluding hydrogens is 250 g/mol.